The first-order valence-corrected chi connectivity index (χ1v) is 11.3. The quantitative estimate of drug-likeness (QED) is 0.192. The molecule has 0 unspecified atom stereocenters. The average Bonchev–Trinajstić information content (AvgIpc) is 2.87. The number of allylic oxidation sites excluding steroid dienone is 1. The number of nitrogens with zero attached hydrogens (tertiary/aromatic N) is 2. The summed E-state index contributed by atoms with van der Waals surface area (Å²) in [5, 5.41) is 32.9. The van der Waals surface area contributed by atoms with Crippen LogP contribution in [0.1, 0.15) is 39.0 Å². The minimum atomic E-state index is -0.376. The van der Waals surface area contributed by atoms with E-state index in [0.717, 1.165) is 16.7 Å². The average molecular weight is 482 g/mol. The summed E-state index contributed by atoms with van der Waals surface area (Å²) in [6.07, 6.45) is 3.54. The molecule has 0 atom stereocenters. The van der Waals surface area contributed by atoms with E-state index in [1.165, 1.54) is 6.08 Å². The van der Waals surface area contributed by atoms with E-state index >= 15 is 0 Å². The predicted molar refractivity (Wildman–Crippen MR) is 140 cm³/mol. The van der Waals surface area contributed by atoms with Crippen molar-refractivity contribution in [3.05, 3.63) is 82.4 Å². The van der Waals surface area contributed by atoms with E-state index in [1.54, 1.807) is 42.5 Å². The zero-order valence-electron chi connectivity index (χ0n) is 20.1. The van der Waals surface area contributed by atoms with Gasteiger partial charge in [0.05, 0.1) is 34.6 Å². The van der Waals surface area contributed by atoms with Crippen LogP contribution in [0.5, 0.6) is 11.5 Å². The van der Waals surface area contributed by atoms with E-state index in [0.29, 0.717) is 47.1 Å². The van der Waals surface area contributed by atoms with Crippen LogP contribution in [0.15, 0.2) is 54.6 Å². The number of amides is 1. The number of aryl methyl sites for hydroxylation is 2. The molecule has 0 radical (unpaired) electrons. The molecule has 0 saturated carbocycles. The van der Waals surface area contributed by atoms with E-state index in [-0.39, 0.29) is 18.1 Å². The van der Waals surface area contributed by atoms with Crippen molar-refractivity contribution in [3.8, 4) is 23.6 Å². The highest BCUT2D eigenvalue weighted by Gasteiger charge is 2.19. The molecule has 36 heavy (non-hydrogen) atoms. The fourth-order valence-electron chi connectivity index (χ4n) is 3.61. The Morgan fingerprint density at radius 2 is 1.81 bits per heavy atom. The maximum atomic E-state index is 12.9. The van der Waals surface area contributed by atoms with Crippen molar-refractivity contribution in [2.75, 3.05) is 24.2 Å². The number of carbonyl (C=O) groups is 1. The van der Waals surface area contributed by atoms with Crippen LogP contribution in [0.25, 0.3) is 6.08 Å². The van der Waals surface area contributed by atoms with Gasteiger partial charge in [-0.05, 0) is 85.5 Å². The van der Waals surface area contributed by atoms with E-state index in [1.807, 2.05) is 32.0 Å². The molecule has 0 aliphatic carbocycles. The molecule has 3 aromatic carbocycles. The second-order valence-corrected chi connectivity index (χ2v) is 8.13. The number of rotatable bonds is 9. The van der Waals surface area contributed by atoms with E-state index in [4.69, 9.17) is 26.1 Å². The number of benzene rings is 3. The molecule has 182 valence electrons. The molecular formula is C28H27N5O3. The number of aliphatic hydroxyl groups excluding tert-OH is 1. The molecule has 5 N–H and O–H groups in total. The molecule has 8 nitrogen and oxygen atoms in total. The number of ether oxygens (including phenoxy) is 1. The Hall–Kier alpha value is -4.79. The summed E-state index contributed by atoms with van der Waals surface area (Å²) in [4.78, 5) is 12.9. The predicted octanol–water partition coefficient (Wildman–Crippen LogP) is 4.94. The fourth-order valence-corrected chi connectivity index (χ4v) is 3.61. The largest absolute Gasteiger partial charge is 0.456 e. The summed E-state index contributed by atoms with van der Waals surface area (Å²) in [7, 11) is 0. The number of aliphatic hydroxyl groups is 1. The van der Waals surface area contributed by atoms with E-state index < -0.39 is 0 Å². The van der Waals surface area contributed by atoms with Crippen LogP contribution < -0.4 is 21.1 Å². The summed E-state index contributed by atoms with van der Waals surface area (Å²) in [6, 6.07) is 18.0. The first-order valence-electron chi connectivity index (χ1n) is 11.3. The van der Waals surface area contributed by atoms with Gasteiger partial charge in [0.25, 0.3) is 5.91 Å². The fraction of sp³-hybridized carbons (Fsp3) is 0.179. The van der Waals surface area contributed by atoms with Gasteiger partial charge in [-0.25, -0.2) is 0 Å². The van der Waals surface area contributed by atoms with Crippen molar-refractivity contribution in [1.29, 1.82) is 10.5 Å². The summed E-state index contributed by atoms with van der Waals surface area (Å²) in [5.41, 5.74) is 11.2. The maximum Gasteiger partial charge on any atom is 0.255 e. The van der Waals surface area contributed by atoms with Crippen LogP contribution in [-0.4, -0.2) is 24.2 Å². The third-order valence-corrected chi connectivity index (χ3v) is 5.35. The number of carbonyl (C=O) groups excluding carboxylic acids is 1. The SMILES string of the molecule is Cc1cc(/C=C/C#N)cc(C)c1Oc1cc(Nc2ccc(C#N)cc2)c(N)cc1C(=O)NCCCO. The molecule has 0 spiro atoms. The smallest absolute Gasteiger partial charge is 0.255 e. The molecule has 1 amide bonds. The Morgan fingerprint density at radius 3 is 2.42 bits per heavy atom. The van der Waals surface area contributed by atoms with Crippen LogP contribution in [0.4, 0.5) is 17.1 Å². The zero-order chi connectivity index (χ0) is 26.1. The van der Waals surface area contributed by atoms with E-state index in [2.05, 4.69) is 16.7 Å². The zero-order valence-corrected chi connectivity index (χ0v) is 20.1. The number of anilines is 3. The lowest BCUT2D eigenvalue weighted by atomic mass is 10.0. The Bertz CT molecular complexity index is 1340. The third kappa shape index (κ3) is 6.41. The third-order valence-electron chi connectivity index (χ3n) is 5.35. The van der Waals surface area contributed by atoms with Crippen LogP contribution in [0.3, 0.4) is 0 Å². The lowest BCUT2D eigenvalue weighted by Gasteiger charge is -2.18. The lowest BCUT2D eigenvalue weighted by Crippen LogP contribution is -2.25. The minimum absolute atomic E-state index is 0.0375. The van der Waals surface area contributed by atoms with Gasteiger partial charge in [-0.2, -0.15) is 10.5 Å². The number of hydrogen-bond donors (Lipinski definition) is 4. The summed E-state index contributed by atoms with van der Waals surface area (Å²) >= 11 is 0. The van der Waals surface area contributed by atoms with Crippen molar-refractivity contribution in [1.82, 2.24) is 5.32 Å². The van der Waals surface area contributed by atoms with Gasteiger partial charge >= 0.3 is 0 Å². The molecule has 3 rings (SSSR count). The normalized spacial score (nSPS) is 10.5. The molecule has 0 bridgehead atoms. The van der Waals surface area contributed by atoms with Gasteiger partial charge in [0.1, 0.15) is 11.5 Å². The molecule has 0 heterocycles. The summed E-state index contributed by atoms with van der Waals surface area (Å²) < 4.78 is 6.29. The minimum Gasteiger partial charge on any atom is -0.456 e. The Balaban J connectivity index is 2.02. The maximum absolute atomic E-state index is 12.9. The van der Waals surface area contributed by atoms with Gasteiger partial charge in [0.15, 0.2) is 0 Å². The first kappa shape index (κ1) is 25.8. The van der Waals surface area contributed by atoms with Gasteiger partial charge in [-0.1, -0.05) is 0 Å². The van der Waals surface area contributed by atoms with Gasteiger partial charge in [-0.3, -0.25) is 4.79 Å². The van der Waals surface area contributed by atoms with Gasteiger partial charge < -0.3 is 26.2 Å². The van der Waals surface area contributed by atoms with Crippen molar-refractivity contribution in [3.63, 3.8) is 0 Å². The standard InChI is InChI=1S/C28H27N5O3/c1-18-13-21(5-3-10-29)14-19(2)27(18)36-26-16-25(33-22-8-6-20(17-30)7-9-22)24(31)15-23(26)28(35)32-11-4-12-34/h3,5-9,13-16,33-34H,4,11-12,31H2,1-2H3,(H,32,35)/b5-3+. The molecule has 0 saturated heterocycles. The lowest BCUT2D eigenvalue weighted by molar-refractivity contribution is 0.0949. The van der Waals surface area contributed by atoms with Crippen molar-refractivity contribution in [2.24, 2.45) is 0 Å². The summed E-state index contributed by atoms with van der Waals surface area (Å²) in [6.45, 7) is 4.04. The van der Waals surface area contributed by atoms with Crippen molar-refractivity contribution >= 4 is 29.0 Å². The van der Waals surface area contributed by atoms with Crippen LogP contribution in [0.2, 0.25) is 0 Å². The Morgan fingerprint density at radius 1 is 1.11 bits per heavy atom. The number of nitrogens with one attached hydrogen (secondary N) is 2. The van der Waals surface area contributed by atoms with Crippen LogP contribution >= 0.6 is 0 Å². The number of nitriles is 2. The topological polar surface area (TPSA) is 144 Å². The first-order chi connectivity index (χ1) is 17.4. The van der Waals surface area contributed by atoms with Gasteiger partial charge in [-0.15, -0.1) is 0 Å². The molecule has 3 aromatic rings. The van der Waals surface area contributed by atoms with Crippen LogP contribution in [-0.2, 0) is 0 Å². The van der Waals surface area contributed by atoms with Crippen LogP contribution in [0, 0.1) is 36.5 Å². The highest BCUT2D eigenvalue weighted by Crippen LogP contribution is 2.37. The molecule has 0 fully saturated rings. The highest BCUT2D eigenvalue weighted by atomic mass is 16.5. The monoisotopic (exact) mass is 481 g/mol. The number of hydrogen-bond acceptors (Lipinski definition) is 7. The molecule has 8 heteroatoms. The second kappa shape index (κ2) is 12.1. The molecule has 0 aliphatic heterocycles. The molecular weight excluding hydrogens is 454 g/mol. The van der Waals surface area contributed by atoms with Gasteiger partial charge in [0, 0.05) is 31.0 Å². The summed E-state index contributed by atoms with van der Waals surface area (Å²) in [5.74, 6) is 0.509. The Kier molecular flexibility index (Phi) is 8.66. The highest BCUT2D eigenvalue weighted by molar-refractivity contribution is 5.99. The molecule has 0 aromatic heterocycles. The van der Waals surface area contributed by atoms with E-state index in [9.17, 15) is 4.79 Å². The van der Waals surface area contributed by atoms with Crippen molar-refractivity contribution in [2.45, 2.75) is 20.3 Å². The molecule has 0 aliphatic rings. The second-order valence-electron chi connectivity index (χ2n) is 8.13. The van der Waals surface area contributed by atoms with Crippen molar-refractivity contribution < 1.29 is 14.6 Å². The van der Waals surface area contributed by atoms with Gasteiger partial charge in [0.2, 0.25) is 0 Å². The number of nitrogens with two attached hydrogens (primary N) is 1. The Labute approximate surface area is 210 Å². The number of nitrogen functional groups attached to an aromatic ring is 1.